The molecular formula is C18H21N5O2. The molecule has 0 radical (unpaired) electrons. The van der Waals surface area contributed by atoms with Gasteiger partial charge in [0.25, 0.3) is 5.56 Å². The van der Waals surface area contributed by atoms with Gasteiger partial charge in [-0.1, -0.05) is 6.07 Å². The summed E-state index contributed by atoms with van der Waals surface area (Å²) in [5.74, 6) is 0. The van der Waals surface area contributed by atoms with E-state index in [1.807, 2.05) is 42.2 Å². The Hall–Kier alpha value is -2.51. The highest BCUT2D eigenvalue weighted by Gasteiger charge is 2.21. The van der Waals surface area contributed by atoms with Crippen molar-refractivity contribution in [1.82, 2.24) is 24.1 Å². The van der Waals surface area contributed by atoms with E-state index < -0.39 is 0 Å². The monoisotopic (exact) mass is 339 g/mol. The number of rotatable bonds is 4. The summed E-state index contributed by atoms with van der Waals surface area (Å²) in [7, 11) is 0. The fraction of sp³-hybridized carbons (Fsp3) is 0.389. The van der Waals surface area contributed by atoms with Crippen LogP contribution in [-0.4, -0.2) is 49.9 Å². The van der Waals surface area contributed by atoms with Crippen molar-refractivity contribution in [3.63, 3.8) is 0 Å². The zero-order valence-electron chi connectivity index (χ0n) is 14.2. The van der Waals surface area contributed by atoms with Gasteiger partial charge in [0.15, 0.2) is 0 Å². The third-order valence-corrected chi connectivity index (χ3v) is 4.39. The van der Waals surface area contributed by atoms with Crippen LogP contribution < -0.4 is 5.56 Å². The van der Waals surface area contributed by atoms with Crippen LogP contribution >= 0.6 is 0 Å². The molecule has 0 unspecified atom stereocenters. The summed E-state index contributed by atoms with van der Waals surface area (Å²) in [6.07, 6.45) is 5.71. The van der Waals surface area contributed by atoms with Crippen LogP contribution in [0.3, 0.4) is 0 Å². The first kappa shape index (κ1) is 16.0. The van der Waals surface area contributed by atoms with Gasteiger partial charge in [-0.2, -0.15) is 5.10 Å². The average Bonchev–Trinajstić information content (AvgIpc) is 3.00. The lowest BCUT2D eigenvalue weighted by molar-refractivity contribution is -0.0405. The molecule has 1 saturated heterocycles. The molecule has 0 bridgehead atoms. The second kappa shape index (κ2) is 6.78. The van der Waals surface area contributed by atoms with Crippen molar-refractivity contribution < 1.29 is 4.74 Å². The SMILES string of the molecule is Cc1cnn(C[C@H]2CN(Cc3cc(=O)n4ccccc4n3)CCO2)c1. The molecule has 3 aromatic heterocycles. The summed E-state index contributed by atoms with van der Waals surface area (Å²) in [6.45, 7) is 5.73. The van der Waals surface area contributed by atoms with Gasteiger partial charge in [0.1, 0.15) is 5.65 Å². The summed E-state index contributed by atoms with van der Waals surface area (Å²) in [5, 5.41) is 4.33. The summed E-state index contributed by atoms with van der Waals surface area (Å²) < 4.78 is 9.35. The number of nitrogens with zero attached hydrogens (tertiary/aromatic N) is 5. The van der Waals surface area contributed by atoms with Crippen LogP contribution in [0.5, 0.6) is 0 Å². The van der Waals surface area contributed by atoms with Crippen molar-refractivity contribution in [1.29, 1.82) is 0 Å². The van der Waals surface area contributed by atoms with Gasteiger partial charge in [0, 0.05) is 38.1 Å². The van der Waals surface area contributed by atoms with E-state index in [1.54, 1.807) is 16.7 Å². The Morgan fingerprint density at radius 1 is 1.36 bits per heavy atom. The predicted molar refractivity (Wildman–Crippen MR) is 93.4 cm³/mol. The molecule has 0 spiro atoms. The van der Waals surface area contributed by atoms with Crippen molar-refractivity contribution in [2.24, 2.45) is 0 Å². The first-order chi connectivity index (χ1) is 12.2. The Morgan fingerprint density at radius 3 is 3.12 bits per heavy atom. The van der Waals surface area contributed by atoms with Crippen LogP contribution in [-0.2, 0) is 17.8 Å². The maximum atomic E-state index is 12.2. The van der Waals surface area contributed by atoms with Gasteiger partial charge in [-0.05, 0) is 24.6 Å². The molecule has 1 fully saturated rings. The van der Waals surface area contributed by atoms with Crippen LogP contribution in [0.1, 0.15) is 11.3 Å². The van der Waals surface area contributed by atoms with Crippen molar-refractivity contribution in [2.75, 3.05) is 19.7 Å². The Morgan fingerprint density at radius 2 is 2.28 bits per heavy atom. The lowest BCUT2D eigenvalue weighted by atomic mass is 10.2. The molecule has 3 aromatic rings. The molecule has 25 heavy (non-hydrogen) atoms. The van der Waals surface area contributed by atoms with E-state index in [2.05, 4.69) is 15.0 Å². The number of ether oxygens (including phenoxy) is 1. The highest BCUT2D eigenvalue weighted by molar-refractivity contribution is 5.37. The quantitative estimate of drug-likeness (QED) is 0.712. The molecule has 1 atom stereocenters. The zero-order chi connectivity index (χ0) is 17.2. The van der Waals surface area contributed by atoms with Gasteiger partial charge < -0.3 is 4.74 Å². The number of fused-ring (bicyclic) bond motifs is 1. The van der Waals surface area contributed by atoms with E-state index in [4.69, 9.17) is 4.74 Å². The summed E-state index contributed by atoms with van der Waals surface area (Å²) in [5.41, 5.74) is 2.58. The minimum absolute atomic E-state index is 0.0441. The fourth-order valence-corrected chi connectivity index (χ4v) is 3.22. The minimum Gasteiger partial charge on any atom is -0.374 e. The van der Waals surface area contributed by atoms with Gasteiger partial charge in [-0.25, -0.2) is 4.98 Å². The van der Waals surface area contributed by atoms with E-state index >= 15 is 0 Å². The topological polar surface area (TPSA) is 64.7 Å². The molecule has 7 nitrogen and oxygen atoms in total. The molecule has 7 heteroatoms. The van der Waals surface area contributed by atoms with Crippen LogP contribution in [0.4, 0.5) is 0 Å². The Bertz CT molecular complexity index is 932. The lowest BCUT2D eigenvalue weighted by Gasteiger charge is -2.32. The Kier molecular flexibility index (Phi) is 4.33. The van der Waals surface area contributed by atoms with Gasteiger partial charge in [0.05, 0.1) is 31.1 Å². The van der Waals surface area contributed by atoms with E-state index in [1.165, 1.54) is 0 Å². The van der Waals surface area contributed by atoms with Crippen molar-refractivity contribution in [3.8, 4) is 0 Å². The summed E-state index contributed by atoms with van der Waals surface area (Å²) >= 11 is 0. The second-order valence-electron chi connectivity index (χ2n) is 6.48. The molecule has 130 valence electrons. The second-order valence-corrected chi connectivity index (χ2v) is 6.48. The normalized spacial score (nSPS) is 18.7. The molecular weight excluding hydrogens is 318 g/mol. The maximum absolute atomic E-state index is 12.2. The largest absolute Gasteiger partial charge is 0.374 e. The average molecular weight is 339 g/mol. The third-order valence-electron chi connectivity index (χ3n) is 4.39. The molecule has 1 aliphatic heterocycles. The van der Waals surface area contributed by atoms with Crippen molar-refractivity contribution >= 4 is 5.65 Å². The first-order valence-electron chi connectivity index (χ1n) is 8.48. The molecule has 1 aliphatic rings. The van der Waals surface area contributed by atoms with E-state index in [-0.39, 0.29) is 11.7 Å². The molecule has 0 saturated carbocycles. The van der Waals surface area contributed by atoms with Crippen LogP contribution in [0.2, 0.25) is 0 Å². The van der Waals surface area contributed by atoms with E-state index in [0.29, 0.717) is 18.8 Å². The first-order valence-corrected chi connectivity index (χ1v) is 8.48. The highest BCUT2D eigenvalue weighted by Crippen LogP contribution is 2.11. The fourth-order valence-electron chi connectivity index (χ4n) is 3.22. The molecule has 0 N–H and O–H groups in total. The Labute approximate surface area is 145 Å². The molecule has 4 rings (SSSR count). The Balaban J connectivity index is 1.46. The van der Waals surface area contributed by atoms with Gasteiger partial charge >= 0.3 is 0 Å². The smallest absolute Gasteiger partial charge is 0.258 e. The van der Waals surface area contributed by atoms with Crippen LogP contribution in [0.15, 0.2) is 47.7 Å². The van der Waals surface area contributed by atoms with Gasteiger partial charge in [-0.15, -0.1) is 0 Å². The number of morpholine rings is 1. The molecule has 0 amide bonds. The minimum atomic E-state index is -0.0441. The van der Waals surface area contributed by atoms with Crippen molar-refractivity contribution in [3.05, 3.63) is 64.5 Å². The lowest BCUT2D eigenvalue weighted by Crippen LogP contribution is -2.44. The standard InChI is InChI=1S/C18H21N5O2/c1-14-9-19-22(10-14)13-16-12-21(6-7-25-16)11-15-8-18(24)23-5-3-2-4-17(23)20-15/h2-5,8-10,16H,6-7,11-13H2,1H3/t16-/m1/s1. The van der Waals surface area contributed by atoms with Crippen molar-refractivity contribution in [2.45, 2.75) is 26.1 Å². The summed E-state index contributed by atoms with van der Waals surface area (Å²) in [6, 6.07) is 7.20. The van der Waals surface area contributed by atoms with Crippen LogP contribution in [0, 0.1) is 6.92 Å². The number of pyridine rings is 1. The number of hydrogen-bond acceptors (Lipinski definition) is 5. The number of aryl methyl sites for hydroxylation is 1. The molecule has 0 aromatic carbocycles. The van der Waals surface area contributed by atoms with E-state index in [0.717, 1.165) is 30.9 Å². The number of aromatic nitrogens is 4. The predicted octanol–water partition coefficient (Wildman–Crippen LogP) is 1.10. The van der Waals surface area contributed by atoms with Gasteiger partial charge in [0.2, 0.25) is 0 Å². The summed E-state index contributed by atoms with van der Waals surface area (Å²) in [4.78, 5) is 19.1. The zero-order valence-corrected chi connectivity index (χ0v) is 14.2. The van der Waals surface area contributed by atoms with Crippen LogP contribution in [0.25, 0.3) is 5.65 Å². The highest BCUT2D eigenvalue weighted by atomic mass is 16.5. The molecule has 0 aliphatic carbocycles. The maximum Gasteiger partial charge on any atom is 0.258 e. The molecule has 4 heterocycles. The number of hydrogen-bond donors (Lipinski definition) is 0. The third kappa shape index (κ3) is 3.62. The van der Waals surface area contributed by atoms with Gasteiger partial charge in [-0.3, -0.25) is 18.8 Å². The van der Waals surface area contributed by atoms with E-state index in [9.17, 15) is 4.79 Å².